The Bertz CT molecular complexity index is 521. The zero-order valence-corrected chi connectivity index (χ0v) is 13.2. The van der Waals surface area contributed by atoms with Crippen LogP contribution in [0, 0.1) is 11.8 Å². The third kappa shape index (κ3) is 3.33. The molecule has 1 aromatic carbocycles. The number of hydrogen-bond acceptors (Lipinski definition) is 3. The molecule has 0 aliphatic heterocycles. The molecule has 1 aromatic heterocycles. The summed E-state index contributed by atoms with van der Waals surface area (Å²) in [5.41, 5.74) is 1.12. The summed E-state index contributed by atoms with van der Waals surface area (Å²) in [4.78, 5) is 4.66. The van der Waals surface area contributed by atoms with Gasteiger partial charge in [0.2, 0.25) is 0 Å². The van der Waals surface area contributed by atoms with Gasteiger partial charge in [-0.05, 0) is 43.4 Å². The van der Waals surface area contributed by atoms with Gasteiger partial charge < -0.3 is 5.32 Å². The number of aromatic nitrogens is 1. The molecule has 0 amide bonds. The van der Waals surface area contributed by atoms with E-state index in [1.165, 1.54) is 35.4 Å². The van der Waals surface area contributed by atoms with Crippen LogP contribution in [0.3, 0.4) is 0 Å². The largest absolute Gasteiger partial charge is 0.310 e. The topological polar surface area (TPSA) is 24.9 Å². The first-order valence-electron chi connectivity index (χ1n) is 7.48. The van der Waals surface area contributed by atoms with Gasteiger partial charge in [-0.25, -0.2) is 4.98 Å². The van der Waals surface area contributed by atoms with Gasteiger partial charge in [-0.1, -0.05) is 25.0 Å². The number of benzene rings is 1. The minimum absolute atomic E-state index is 0.702. The summed E-state index contributed by atoms with van der Waals surface area (Å²) in [6, 6.07) is 8.35. The Morgan fingerprint density at radius 3 is 2.80 bits per heavy atom. The number of fused-ring (bicyclic) bond motifs is 1. The third-order valence-corrected chi connectivity index (χ3v) is 5.72. The van der Waals surface area contributed by atoms with Crippen LogP contribution in [0.5, 0.6) is 0 Å². The van der Waals surface area contributed by atoms with Crippen LogP contribution in [0.4, 0.5) is 0 Å². The van der Waals surface area contributed by atoms with Gasteiger partial charge in [0.15, 0.2) is 0 Å². The quantitative estimate of drug-likeness (QED) is 0.826. The predicted molar refractivity (Wildman–Crippen MR) is 87.5 cm³/mol. The molecule has 0 saturated heterocycles. The van der Waals surface area contributed by atoms with Gasteiger partial charge in [-0.15, -0.1) is 22.9 Å². The highest BCUT2D eigenvalue weighted by molar-refractivity contribution is 7.18. The zero-order valence-electron chi connectivity index (χ0n) is 11.6. The first-order valence-corrected chi connectivity index (χ1v) is 8.83. The fourth-order valence-electron chi connectivity index (χ4n) is 3.12. The molecule has 1 aliphatic carbocycles. The van der Waals surface area contributed by atoms with Gasteiger partial charge in [0.25, 0.3) is 0 Å². The summed E-state index contributed by atoms with van der Waals surface area (Å²) < 4.78 is 1.28. The maximum Gasteiger partial charge on any atom is 0.108 e. The lowest BCUT2D eigenvalue weighted by Gasteiger charge is -2.30. The van der Waals surface area contributed by atoms with Crippen LogP contribution in [-0.2, 0) is 6.54 Å². The molecule has 0 spiro atoms. The highest BCUT2D eigenvalue weighted by atomic mass is 35.5. The van der Waals surface area contributed by atoms with Crippen molar-refractivity contribution in [3.05, 3.63) is 29.3 Å². The Balaban J connectivity index is 1.54. The number of thiazole rings is 1. The number of para-hydroxylation sites is 1. The van der Waals surface area contributed by atoms with Crippen molar-refractivity contribution in [1.82, 2.24) is 10.3 Å². The van der Waals surface area contributed by atoms with Crippen molar-refractivity contribution >= 4 is 33.2 Å². The molecular weight excluding hydrogens is 288 g/mol. The van der Waals surface area contributed by atoms with E-state index in [1.807, 2.05) is 6.07 Å². The molecule has 2 aromatic rings. The zero-order chi connectivity index (χ0) is 13.8. The smallest absolute Gasteiger partial charge is 0.108 e. The monoisotopic (exact) mass is 308 g/mol. The molecule has 1 N–H and O–H groups in total. The van der Waals surface area contributed by atoms with E-state index >= 15 is 0 Å². The summed E-state index contributed by atoms with van der Waals surface area (Å²) in [5, 5.41) is 4.77. The van der Waals surface area contributed by atoms with Crippen LogP contribution in [0.2, 0.25) is 0 Å². The van der Waals surface area contributed by atoms with Crippen LogP contribution in [0.1, 0.15) is 30.7 Å². The minimum atomic E-state index is 0.702. The first-order chi connectivity index (χ1) is 9.86. The summed E-state index contributed by atoms with van der Waals surface area (Å²) >= 11 is 7.88. The molecule has 1 heterocycles. The van der Waals surface area contributed by atoms with E-state index in [0.29, 0.717) is 5.92 Å². The predicted octanol–water partition coefficient (Wildman–Crippen LogP) is 4.43. The van der Waals surface area contributed by atoms with Crippen molar-refractivity contribution in [3.63, 3.8) is 0 Å². The molecule has 1 aliphatic rings. The summed E-state index contributed by atoms with van der Waals surface area (Å²) in [5.74, 6) is 2.26. The lowest BCUT2D eigenvalue weighted by Crippen LogP contribution is -2.31. The van der Waals surface area contributed by atoms with Gasteiger partial charge in [0, 0.05) is 12.4 Å². The van der Waals surface area contributed by atoms with Gasteiger partial charge in [-0.2, -0.15) is 0 Å². The fourth-order valence-corrected chi connectivity index (χ4v) is 4.46. The van der Waals surface area contributed by atoms with E-state index in [-0.39, 0.29) is 0 Å². The van der Waals surface area contributed by atoms with E-state index in [0.717, 1.165) is 30.4 Å². The van der Waals surface area contributed by atoms with Crippen LogP contribution in [0.25, 0.3) is 10.2 Å². The number of alkyl halides is 1. The van der Waals surface area contributed by atoms with E-state index < -0.39 is 0 Å². The minimum Gasteiger partial charge on any atom is -0.310 e. The molecule has 108 valence electrons. The van der Waals surface area contributed by atoms with Gasteiger partial charge in [0.1, 0.15) is 5.01 Å². The number of rotatable bonds is 5. The van der Waals surface area contributed by atoms with Gasteiger partial charge in [0.05, 0.1) is 10.2 Å². The van der Waals surface area contributed by atoms with Crippen molar-refractivity contribution in [2.75, 3.05) is 12.4 Å². The molecule has 2 nitrogen and oxygen atoms in total. The lowest BCUT2D eigenvalue weighted by molar-refractivity contribution is 0.250. The summed E-state index contributed by atoms with van der Waals surface area (Å²) in [6.07, 6.45) is 5.34. The molecule has 2 unspecified atom stereocenters. The lowest BCUT2D eigenvalue weighted by atomic mass is 9.80. The third-order valence-electron chi connectivity index (χ3n) is 4.29. The maximum atomic E-state index is 6.09. The first kappa shape index (κ1) is 14.3. The average Bonchev–Trinajstić information content (AvgIpc) is 2.90. The van der Waals surface area contributed by atoms with Crippen LogP contribution < -0.4 is 5.32 Å². The summed E-state index contributed by atoms with van der Waals surface area (Å²) in [6.45, 7) is 1.96. The second-order valence-electron chi connectivity index (χ2n) is 5.67. The van der Waals surface area contributed by atoms with Gasteiger partial charge in [-0.3, -0.25) is 0 Å². The van der Waals surface area contributed by atoms with E-state index in [1.54, 1.807) is 11.3 Å². The second kappa shape index (κ2) is 6.88. The molecule has 4 heteroatoms. The molecule has 0 radical (unpaired) electrons. The highest BCUT2D eigenvalue weighted by Crippen LogP contribution is 2.30. The standard InChI is InChI=1S/C16H21ClN2S/c17-9-12-5-1-2-6-13(12)10-18-11-16-19-14-7-3-4-8-15(14)20-16/h3-4,7-8,12-13,18H,1-2,5-6,9-11H2. The summed E-state index contributed by atoms with van der Waals surface area (Å²) in [7, 11) is 0. The Hall–Kier alpha value is -0.640. The second-order valence-corrected chi connectivity index (χ2v) is 7.09. The van der Waals surface area contributed by atoms with Crippen LogP contribution in [0.15, 0.2) is 24.3 Å². The van der Waals surface area contributed by atoms with Crippen molar-refractivity contribution in [1.29, 1.82) is 0 Å². The van der Waals surface area contributed by atoms with Crippen LogP contribution in [-0.4, -0.2) is 17.4 Å². The normalized spacial score (nSPS) is 23.2. The maximum absolute atomic E-state index is 6.09. The Kier molecular flexibility index (Phi) is 4.92. The van der Waals surface area contributed by atoms with E-state index in [9.17, 15) is 0 Å². The molecule has 2 atom stereocenters. The van der Waals surface area contributed by atoms with Crippen molar-refractivity contribution < 1.29 is 0 Å². The Morgan fingerprint density at radius 1 is 1.20 bits per heavy atom. The number of nitrogens with zero attached hydrogens (tertiary/aromatic N) is 1. The molecule has 0 bridgehead atoms. The Labute approximate surface area is 129 Å². The fraction of sp³-hybridized carbons (Fsp3) is 0.562. The molecule has 1 saturated carbocycles. The van der Waals surface area contributed by atoms with Crippen molar-refractivity contribution in [2.45, 2.75) is 32.2 Å². The highest BCUT2D eigenvalue weighted by Gasteiger charge is 2.23. The average molecular weight is 309 g/mol. The Morgan fingerprint density at radius 2 is 2.00 bits per heavy atom. The van der Waals surface area contributed by atoms with Crippen molar-refractivity contribution in [2.24, 2.45) is 11.8 Å². The van der Waals surface area contributed by atoms with E-state index in [2.05, 4.69) is 28.5 Å². The SMILES string of the molecule is ClCC1CCCCC1CNCc1nc2ccccc2s1. The molecule has 20 heavy (non-hydrogen) atoms. The number of halogens is 1. The number of hydrogen-bond donors (Lipinski definition) is 1. The number of nitrogens with one attached hydrogen (secondary N) is 1. The molecule has 1 fully saturated rings. The van der Waals surface area contributed by atoms with Gasteiger partial charge >= 0.3 is 0 Å². The molecule has 3 rings (SSSR count). The van der Waals surface area contributed by atoms with Crippen LogP contribution >= 0.6 is 22.9 Å². The van der Waals surface area contributed by atoms with E-state index in [4.69, 9.17) is 11.6 Å². The van der Waals surface area contributed by atoms with Crippen molar-refractivity contribution in [3.8, 4) is 0 Å². The molecular formula is C16H21ClN2S.